The Kier molecular flexibility index (Phi) is 2.61. The van der Waals surface area contributed by atoms with Crippen LogP contribution in [0.25, 0.3) is 0 Å². The van der Waals surface area contributed by atoms with E-state index in [0.29, 0.717) is 16.7 Å². The van der Waals surface area contributed by atoms with Gasteiger partial charge in [-0.05, 0) is 23.6 Å². The SMILES string of the molecule is N#Cc1cccc(C(=O)c2ccsc2)c1. The Morgan fingerprint density at radius 3 is 2.80 bits per heavy atom. The van der Waals surface area contributed by atoms with Crippen molar-refractivity contribution in [3.8, 4) is 6.07 Å². The van der Waals surface area contributed by atoms with Crippen molar-refractivity contribution in [2.45, 2.75) is 0 Å². The molecule has 1 aromatic heterocycles. The first-order valence-electron chi connectivity index (χ1n) is 4.38. The summed E-state index contributed by atoms with van der Waals surface area (Å²) in [5.74, 6) is -0.0339. The molecule has 0 saturated carbocycles. The number of nitriles is 1. The van der Waals surface area contributed by atoms with E-state index in [1.165, 1.54) is 11.3 Å². The number of ketones is 1. The lowest BCUT2D eigenvalue weighted by atomic mass is 10.0. The van der Waals surface area contributed by atoms with Gasteiger partial charge in [-0.1, -0.05) is 12.1 Å². The summed E-state index contributed by atoms with van der Waals surface area (Å²) in [5.41, 5.74) is 1.75. The molecule has 0 radical (unpaired) electrons. The zero-order chi connectivity index (χ0) is 10.7. The van der Waals surface area contributed by atoms with Gasteiger partial charge in [-0.15, -0.1) is 0 Å². The summed E-state index contributed by atoms with van der Waals surface area (Å²) in [6.07, 6.45) is 0. The van der Waals surface area contributed by atoms with E-state index in [1.54, 1.807) is 35.7 Å². The maximum absolute atomic E-state index is 11.9. The van der Waals surface area contributed by atoms with Crippen LogP contribution in [0, 0.1) is 11.3 Å². The highest BCUT2D eigenvalue weighted by molar-refractivity contribution is 7.08. The van der Waals surface area contributed by atoms with Gasteiger partial charge < -0.3 is 0 Å². The fourth-order valence-corrected chi connectivity index (χ4v) is 1.93. The second-order valence-electron chi connectivity index (χ2n) is 3.03. The number of rotatable bonds is 2. The Hall–Kier alpha value is -1.92. The van der Waals surface area contributed by atoms with Crippen molar-refractivity contribution < 1.29 is 4.79 Å². The molecule has 15 heavy (non-hydrogen) atoms. The molecule has 0 N–H and O–H groups in total. The summed E-state index contributed by atoms with van der Waals surface area (Å²) in [4.78, 5) is 11.9. The van der Waals surface area contributed by atoms with Gasteiger partial charge in [0, 0.05) is 16.5 Å². The molecule has 0 amide bonds. The molecule has 1 heterocycles. The van der Waals surface area contributed by atoms with Crippen molar-refractivity contribution in [2.75, 3.05) is 0 Å². The third kappa shape index (κ3) is 1.95. The average molecular weight is 213 g/mol. The standard InChI is InChI=1S/C12H7NOS/c13-7-9-2-1-3-10(6-9)12(14)11-4-5-15-8-11/h1-6,8H. The molecule has 0 aliphatic heterocycles. The molecule has 0 saturated heterocycles. The molecular formula is C12H7NOS. The predicted molar refractivity (Wildman–Crippen MR) is 58.9 cm³/mol. The maximum atomic E-state index is 11.9. The summed E-state index contributed by atoms with van der Waals surface area (Å²) in [5, 5.41) is 12.4. The van der Waals surface area contributed by atoms with E-state index < -0.39 is 0 Å². The zero-order valence-corrected chi connectivity index (χ0v) is 8.62. The predicted octanol–water partition coefficient (Wildman–Crippen LogP) is 2.85. The topological polar surface area (TPSA) is 40.9 Å². The van der Waals surface area contributed by atoms with Gasteiger partial charge >= 0.3 is 0 Å². The van der Waals surface area contributed by atoms with E-state index in [1.807, 2.05) is 11.4 Å². The quantitative estimate of drug-likeness (QED) is 0.720. The van der Waals surface area contributed by atoms with Gasteiger partial charge in [-0.2, -0.15) is 16.6 Å². The molecule has 2 aromatic rings. The highest BCUT2D eigenvalue weighted by atomic mass is 32.1. The number of benzene rings is 1. The molecule has 2 nitrogen and oxygen atoms in total. The molecule has 0 spiro atoms. The van der Waals surface area contributed by atoms with Crippen molar-refractivity contribution in [2.24, 2.45) is 0 Å². The van der Waals surface area contributed by atoms with E-state index in [0.717, 1.165) is 0 Å². The van der Waals surface area contributed by atoms with Gasteiger partial charge in [0.2, 0.25) is 0 Å². The lowest BCUT2D eigenvalue weighted by Gasteiger charge is -1.98. The summed E-state index contributed by atoms with van der Waals surface area (Å²) in [6, 6.07) is 10.5. The van der Waals surface area contributed by atoms with Crippen molar-refractivity contribution in [1.82, 2.24) is 0 Å². The van der Waals surface area contributed by atoms with E-state index in [4.69, 9.17) is 5.26 Å². The minimum Gasteiger partial charge on any atom is -0.289 e. The monoisotopic (exact) mass is 213 g/mol. The van der Waals surface area contributed by atoms with Crippen LogP contribution in [0.2, 0.25) is 0 Å². The number of carbonyl (C=O) groups excluding carboxylic acids is 1. The van der Waals surface area contributed by atoms with Crippen LogP contribution < -0.4 is 0 Å². The molecule has 0 unspecified atom stereocenters. The van der Waals surface area contributed by atoms with E-state index in [9.17, 15) is 4.79 Å². The zero-order valence-electron chi connectivity index (χ0n) is 7.81. The van der Waals surface area contributed by atoms with Crippen molar-refractivity contribution in [3.05, 3.63) is 57.8 Å². The normalized spacial score (nSPS) is 9.53. The van der Waals surface area contributed by atoms with Crippen LogP contribution in [0.15, 0.2) is 41.1 Å². The first-order chi connectivity index (χ1) is 7.31. The van der Waals surface area contributed by atoms with Gasteiger partial charge in [-0.3, -0.25) is 4.79 Å². The first-order valence-corrected chi connectivity index (χ1v) is 5.32. The van der Waals surface area contributed by atoms with Crippen LogP contribution in [0.5, 0.6) is 0 Å². The highest BCUT2D eigenvalue weighted by Crippen LogP contribution is 2.13. The van der Waals surface area contributed by atoms with Gasteiger partial charge in [0.05, 0.1) is 11.6 Å². The Morgan fingerprint density at radius 1 is 1.27 bits per heavy atom. The fraction of sp³-hybridized carbons (Fsp3) is 0. The minimum atomic E-state index is -0.0339. The molecule has 0 aliphatic carbocycles. The number of nitrogens with zero attached hydrogens (tertiary/aromatic N) is 1. The van der Waals surface area contributed by atoms with Crippen molar-refractivity contribution in [1.29, 1.82) is 5.26 Å². The van der Waals surface area contributed by atoms with E-state index in [2.05, 4.69) is 0 Å². The van der Waals surface area contributed by atoms with E-state index in [-0.39, 0.29) is 5.78 Å². The van der Waals surface area contributed by atoms with E-state index >= 15 is 0 Å². The molecule has 3 heteroatoms. The van der Waals surface area contributed by atoms with Crippen LogP contribution in [-0.2, 0) is 0 Å². The molecular weight excluding hydrogens is 206 g/mol. The Balaban J connectivity index is 2.39. The lowest BCUT2D eigenvalue weighted by molar-refractivity contribution is 0.103. The summed E-state index contributed by atoms with van der Waals surface area (Å²) in [7, 11) is 0. The highest BCUT2D eigenvalue weighted by Gasteiger charge is 2.09. The molecule has 0 aliphatic rings. The largest absolute Gasteiger partial charge is 0.289 e. The van der Waals surface area contributed by atoms with Gasteiger partial charge in [0.15, 0.2) is 5.78 Å². The summed E-state index contributed by atoms with van der Waals surface area (Å²) in [6.45, 7) is 0. The third-order valence-electron chi connectivity index (χ3n) is 2.04. The Labute approximate surface area is 91.4 Å². The smallest absolute Gasteiger partial charge is 0.193 e. The summed E-state index contributed by atoms with van der Waals surface area (Å²) < 4.78 is 0. The van der Waals surface area contributed by atoms with Crippen molar-refractivity contribution in [3.63, 3.8) is 0 Å². The number of hydrogen-bond donors (Lipinski definition) is 0. The summed E-state index contributed by atoms with van der Waals surface area (Å²) >= 11 is 1.49. The van der Waals surface area contributed by atoms with Gasteiger partial charge in [-0.25, -0.2) is 0 Å². The van der Waals surface area contributed by atoms with Gasteiger partial charge in [0.25, 0.3) is 0 Å². The Morgan fingerprint density at radius 2 is 2.13 bits per heavy atom. The molecule has 0 fully saturated rings. The molecule has 2 rings (SSSR count). The van der Waals surface area contributed by atoms with Crippen LogP contribution in [0.4, 0.5) is 0 Å². The van der Waals surface area contributed by atoms with Crippen LogP contribution in [0.1, 0.15) is 21.5 Å². The number of thiophene rings is 1. The lowest BCUT2D eigenvalue weighted by Crippen LogP contribution is -1.99. The van der Waals surface area contributed by atoms with Gasteiger partial charge in [0.1, 0.15) is 0 Å². The van der Waals surface area contributed by atoms with Crippen LogP contribution in [0.3, 0.4) is 0 Å². The number of carbonyl (C=O) groups is 1. The third-order valence-corrected chi connectivity index (χ3v) is 2.72. The second kappa shape index (κ2) is 4.07. The first kappa shape index (κ1) is 9.63. The van der Waals surface area contributed by atoms with Crippen LogP contribution in [-0.4, -0.2) is 5.78 Å². The number of hydrogen-bond acceptors (Lipinski definition) is 3. The average Bonchev–Trinajstić information content (AvgIpc) is 2.81. The molecule has 0 atom stereocenters. The molecule has 0 bridgehead atoms. The molecule has 1 aromatic carbocycles. The minimum absolute atomic E-state index is 0.0339. The molecule has 72 valence electrons. The fourth-order valence-electron chi connectivity index (χ4n) is 1.29. The van der Waals surface area contributed by atoms with Crippen molar-refractivity contribution >= 4 is 17.1 Å². The Bertz CT molecular complexity index is 523. The maximum Gasteiger partial charge on any atom is 0.193 e. The second-order valence-corrected chi connectivity index (χ2v) is 3.81. The van der Waals surface area contributed by atoms with Crippen LogP contribution >= 0.6 is 11.3 Å².